The van der Waals surface area contributed by atoms with Crippen molar-refractivity contribution in [3.05, 3.63) is 64.1 Å². The molecule has 0 unspecified atom stereocenters. The summed E-state index contributed by atoms with van der Waals surface area (Å²) in [7, 11) is 0. The molecule has 1 N–H and O–H groups in total. The zero-order chi connectivity index (χ0) is 14.7. The SMILES string of the molecule is S=c1[nH]nc(-c2cccnc2)n1/N=C\c1cccc(Cl)c1. The topological polar surface area (TPSA) is 58.9 Å². The van der Waals surface area contributed by atoms with Gasteiger partial charge in [0.25, 0.3) is 0 Å². The van der Waals surface area contributed by atoms with Crippen molar-refractivity contribution in [1.82, 2.24) is 19.9 Å². The normalized spacial score (nSPS) is 11.1. The number of nitrogens with zero attached hydrogens (tertiary/aromatic N) is 4. The highest BCUT2D eigenvalue weighted by molar-refractivity contribution is 7.71. The lowest BCUT2D eigenvalue weighted by molar-refractivity contribution is 0.871. The molecule has 0 saturated heterocycles. The van der Waals surface area contributed by atoms with Crippen LogP contribution in [0.1, 0.15) is 5.56 Å². The minimum Gasteiger partial charge on any atom is -0.264 e. The van der Waals surface area contributed by atoms with Gasteiger partial charge in [-0.3, -0.25) is 4.98 Å². The molecule has 0 spiro atoms. The number of aromatic amines is 1. The first-order valence-corrected chi connectivity index (χ1v) is 6.90. The molecule has 2 heterocycles. The summed E-state index contributed by atoms with van der Waals surface area (Å²) in [6, 6.07) is 11.1. The maximum Gasteiger partial charge on any atom is 0.216 e. The molecule has 21 heavy (non-hydrogen) atoms. The molecule has 104 valence electrons. The summed E-state index contributed by atoms with van der Waals surface area (Å²) in [6.45, 7) is 0. The van der Waals surface area contributed by atoms with Crippen molar-refractivity contribution in [1.29, 1.82) is 0 Å². The molecular formula is C14H10ClN5S. The molecule has 0 atom stereocenters. The number of halogens is 1. The summed E-state index contributed by atoms with van der Waals surface area (Å²) in [5.74, 6) is 0.603. The Morgan fingerprint density at radius 2 is 2.19 bits per heavy atom. The lowest BCUT2D eigenvalue weighted by Crippen LogP contribution is -1.95. The van der Waals surface area contributed by atoms with Gasteiger partial charge in [-0.05, 0) is 42.0 Å². The van der Waals surface area contributed by atoms with Gasteiger partial charge in [-0.25, -0.2) is 5.10 Å². The maximum atomic E-state index is 5.95. The van der Waals surface area contributed by atoms with Crippen LogP contribution in [0.5, 0.6) is 0 Å². The molecule has 3 rings (SSSR count). The number of H-pyrrole nitrogens is 1. The van der Waals surface area contributed by atoms with Crippen LogP contribution in [0.25, 0.3) is 11.4 Å². The van der Waals surface area contributed by atoms with Crippen LogP contribution in [0.3, 0.4) is 0 Å². The molecule has 1 aromatic carbocycles. The Labute approximate surface area is 130 Å². The van der Waals surface area contributed by atoms with Crippen LogP contribution in [-0.2, 0) is 0 Å². The van der Waals surface area contributed by atoms with Gasteiger partial charge < -0.3 is 0 Å². The first kappa shape index (κ1) is 13.7. The Kier molecular flexibility index (Phi) is 3.89. The average molecular weight is 316 g/mol. The van der Waals surface area contributed by atoms with Crippen molar-refractivity contribution < 1.29 is 0 Å². The number of rotatable bonds is 3. The van der Waals surface area contributed by atoms with Gasteiger partial charge in [0.15, 0.2) is 5.82 Å². The molecule has 0 aliphatic heterocycles. The monoisotopic (exact) mass is 315 g/mol. The van der Waals surface area contributed by atoms with E-state index in [1.54, 1.807) is 23.3 Å². The highest BCUT2D eigenvalue weighted by atomic mass is 35.5. The predicted molar refractivity (Wildman–Crippen MR) is 85.1 cm³/mol. The van der Waals surface area contributed by atoms with Gasteiger partial charge in [0.05, 0.1) is 6.21 Å². The van der Waals surface area contributed by atoms with Crippen molar-refractivity contribution in [3.63, 3.8) is 0 Å². The van der Waals surface area contributed by atoms with E-state index in [0.29, 0.717) is 15.6 Å². The first-order valence-electron chi connectivity index (χ1n) is 6.12. The standard InChI is InChI=1S/C14H10ClN5S/c15-12-5-1-3-10(7-12)8-17-20-13(18-19-14(20)21)11-4-2-6-16-9-11/h1-9H,(H,19,21)/b17-8-. The summed E-state index contributed by atoms with van der Waals surface area (Å²) in [5.41, 5.74) is 1.70. The van der Waals surface area contributed by atoms with Crippen molar-refractivity contribution in [3.8, 4) is 11.4 Å². The van der Waals surface area contributed by atoms with Gasteiger partial charge >= 0.3 is 0 Å². The lowest BCUT2D eigenvalue weighted by atomic mass is 10.2. The van der Waals surface area contributed by atoms with Crippen LogP contribution >= 0.6 is 23.8 Å². The minimum atomic E-state index is 0.409. The second kappa shape index (κ2) is 5.99. The van der Waals surface area contributed by atoms with Crippen molar-refractivity contribution >= 4 is 30.0 Å². The number of aromatic nitrogens is 4. The van der Waals surface area contributed by atoms with E-state index >= 15 is 0 Å². The molecule has 7 heteroatoms. The molecule has 0 aliphatic rings. The van der Waals surface area contributed by atoms with Crippen LogP contribution in [0.4, 0.5) is 0 Å². The molecule has 0 bridgehead atoms. The Morgan fingerprint density at radius 3 is 2.95 bits per heavy atom. The van der Waals surface area contributed by atoms with Gasteiger partial charge in [0, 0.05) is 23.0 Å². The fraction of sp³-hybridized carbons (Fsp3) is 0. The highest BCUT2D eigenvalue weighted by Gasteiger charge is 2.07. The van der Waals surface area contributed by atoms with Crippen LogP contribution in [0.2, 0.25) is 5.02 Å². The Balaban J connectivity index is 2.00. The van der Waals surface area contributed by atoms with E-state index in [-0.39, 0.29) is 0 Å². The van der Waals surface area contributed by atoms with Crippen molar-refractivity contribution in [2.45, 2.75) is 0 Å². The van der Waals surface area contributed by atoms with E-state index in [9.17, 15) is 0 Å². The zero-order valence-electron chi connectivity index (χ0n) is 10.8. The number of nitrogens with one attached hydrogen (secondary N) is 1. The van der Waals surface area contributed by atoms with Crippen LogP contribution in [-0.4, -0.2) is 26.1 Å². The Morgan fingerprint density at radius 1 is 1.29 bits per heavy atom. The fourth-order valence-electron chi connectivity index (χ4n) is 1.79. The predicted octanol–water partition coefficient (Wildman–Crippen LogP) is 3.54. The lowest BCUT2D eigenvalue weighted by Gasteiger charge is -2.00. The van der Waals surface area contributed by atoms with E-state index in [1.807, 2.05) is 36.4 Å². The van der Waals surface area contributed by atoms with Gasteiger partial charge in [-0.15, -0.1) is 0 Å². The first-order chi connectivity index (χ1) is 10.2. The van der Waals surface area contributed by atoms with E-state index in [2.05, 4.69) is 20.3 Å². The van der Waals surface area contributed by atoms with Crippen LogP contribution in [0.15, 0.2) is 53.9 Å². The molecule has 2 aromatic heterocycles. The highest BCUT2D eigenvalue weighted by Crippen LogP contribution is 2.15. The molecule has 5 nitrogen and oxygen atoms in total. The maximum absolute atomic E-state index is 5.95. The van der Waals surface area contributed by atoms with Gasteiger partial charge in [-0.1, -0.05) is 23.7 Å². The number of benzene rings is 1. The van der Waals surface area contributed by atoms with Crippen molar-refractivity contribution in [2.75, 3.05) is 0 Å². The van der Waals surface area contributed by atoms with Crippen LogP contribution < -0.4 is 0 Å². The molecule has 0 aliphatic carbocycles. The van der Waals surface area contributed by atoms with E-state index in [4.69, 9.17) is 23.8 Å². The number of hydrogen-bond acceptors (Lipinski definition) is 4. The third-order valence-electron chi connectivity index (χ3n) is 2.74. The second-order valence-corrected chi connectivity index (χ2v) is 5.03. The fourth-order valence-corrected chi connectivity index (χ4v) is 2.17. The largest absolute Gasteiger partial charge is 0.264 e. The quantitative estimate of drug-likeness (QED) is 0.594. The van der Waals surface area contributed by atoms with E-state index in [1.165, 1.54) is 0 Å². The minimum absolute atomic E-state index is 0.409. The molecule has 0 amide bonds. The Bertz CT molecular complexity index is 838. The molecule has 0 radical (unpaired) electrons. The van der Waals surface area contributed by atoms with Gasteiger partial charge in [-0.2, -0.15) is 14.9 Å². The smallest absolute Gasteiger partial charge is 0.216 e. The molecule has 0 saturated carbocycles. The summed E-state index contributed by atoms with van der Waals surface area (Å²) >= 11 is 11.1. The molecular weight excluding hydrogens is 306 g/mol. The number of hydrogen-bond donors (Lipinski definition) is 1. The van der Waals surface area contributed by atoms with Gasteiger partial charge in [0.2, 0.25) is 4.77 Å². The van der Waals surface area contributed by atoms with Crippen molar-refractivity contribution in [2.24, 2.45) is 5.10 Å². The third-order valence-corrected chi connectivity index (χ3v) is 3.24. The summed E-state index contributed by atoms with van der Waals surface area (Å²) in [5, 5.41) is 11.9. The van der Waals surface area contributed by atoms with E-state index in [0.717, 1.165) is 11.1 Å². The summed E-state index contributed by atoms with van der Waals surface area (Å²) in [4.78, 5) is 4.07. The third kappa shape index (κ3) is 3.07. The zero-order valence-corrected chi connectivity index (χ0v) is 12.3. The second-order valence-electron chi connectivity index (χ2n) is 4.21. The molecule has 0 fully saturated rings. The Hall–Kier alpha value is -2.31. The average Bonchev–Trinajstić information content (AvgIpc) is 2.87. The summed E-state index contributed by atoms with van der Waals surface area (Å²) in [6.07, 6.45) is 5.08. The van der Waals surface area contributed by atoms with Gasteiger partial charge in [0.1, 0.15) is 0 Å². The van der Waals surface area contributed by atoms with Crippen LogP contribution in [0, 0.1) is 4.77 Å². The molecule has 3 aromatic rings. The van der Waals surface area contributed by atoms with E-state index < -0.39 is 0 Å². The number of pyridine rings is 1. The summed E-state index contributed by atoms with van der Waals surface area (Å²) < 4.78 is 1.96.